The molecule has 4 nitrogen and oxygen atoms in total. The van der Waals surface area contributed by atoms with Crippen molar-refractivity contribution in [3.63, 3.8) is 0 Å². The first-order valence-electron chi connectivity index (χ1n) is 4.46. The zero-order valence-electron chi connectivity index (χ0n) is 8.42. The Balaban J connectivity index is 2.66. The van der Waals surface area contributed by atoms with Crippen LogP contribution in [0.25, 0.3) is 0 Å². The van der Waals surface area contributed by atoms with E-state index in [1.165, 1.54) is 0 Å². The van der Waals surface area contributed by atoms with Crippen LogP contribution in [0, 0.1) is 0 Å². The molecule has 1 aromatic carbocycles. The van der Waals surface area contributed by atoms with E-state index in [-0.39, 0.29) is 12.5 Å². The molecule has 5 heteroatoms. The summed E-state index contributed by atoms with van der Waals surface area (Å²) < 4.78 is 5.00. The van der Waals surface area contributed by atoms with Crippen molar-refractivity contribution in [2.75, 3.05) is 13.7 Å². The molecule has 0 heterocycles. The molecule has 0 aromatic heterocycles. The number of nitrogens with two attached hydrogens (primary N) is 1. The zero-order chi connectivity index (χ0) is 11.3. The van der Waals surface area contributed by atoms with Crippen LogP contribution in [0.15, 0.2) is 18.2 Å². The van der Waals surface area contributed by atoms with Crippen molar-refractivity contribution in [2.45, 2.75) is 6.54 Å². The second kappa shape index (κ2) is 5.58. The molecule has 15 heavy (non-hydrogen) atoms. The number of halogens is 1. The van der Waals surface area contributed by atoms with Gasteiger partial charge in [0.25, 0.3) is 0 Å². The Hall–Kier alpha value is -1.26. The normalized spacial score (nSPS) is 9.80. The van der Waals surface area contributed by atoms with Gasteiger partial charge in [0.1, 0.15) is 5.75 Å². The number of carbonyl (C=O) groups excluding carboxylic acids is 1. The third-order valence-electron chi connectivity index (χ3n) is 1.92. The van der Waals surface area contributed by atoms with E-state index in [1.807, 2.05) is 0 Å². The average Bonchev–Trinajstić information content (AvgIpc) is 2.26. The van der Waals surface area contributed by atoms with Crippen molar-refractivity contribution in [1.29, 1.82) is 0 Å². The number of hydrogen-bond acceptors (Lipinski definition) is 3. The number of hydrogen-bond donors (Lipinski definition) is 2. The smallest absolute Gasteiger partial charge is 0.234 e. The first-order chi connectivity index (χ1) is 7.17. The Kier molecular flexibility index (Phi) is 4.39. The Bertz CT molecular complexity index is 355. The summed E-state index contributed by atoms with van der Waals surface area (Å²) in [5, 5.41) is 3.20. The van der Waals surface area contributed by atoms with Crippen LogP contribution in [0.2, 0.25) is 5.02 Å². The van der Waals surface area contributed by atoms with E-state index in [4.69, 9.17) is 22.1 Å². The van der Waals surface area contributed by atoms with E-state index < -0.39 is 0 Å². The standard InChI is InChI=1S/C10H13ClN2O2/c1-15-8-3-2-7(9(11)4-8)6-13-10(14)5-12/h2-4H,5-6,12H2,1H3,(H,13,14). The van der Waals surface area contributed by atoms with Gasteiger partial charge in [0.2, 0.25) is 5.91 Å². The number of carbonyl (C=O) groups is 1. The van der Waals surface area contributed by atoms with Crippen LogP contribution in [0.4, 0.5) is 0 Å². The second-order valence-electron chi connectivity index (χ2n) is 2.94. The maximum atomic E-state index is 10.9. The lowest BCUT2D eigenvalue weighted by atomic mass is 10.2. The molecule has 0 aliphatic carbocycles. The van der Waals surface area contributed by atoms with Gasteiger partial charge in [-0.05, 0) is 17.7 Å². The monoisotopic (exact) mass is 228 g/mol. The quantitative estimate of drug-likeness (QED) is 0.806. The SMILES string of the molecule is COc1ccc(CNC(=O)CN)c(Cl)c1. The summed E-state index contributed by atoms with van der Waals surface area (Å²) in [5.74, 6) is 0.482. The summed E-state index contributed by atoms with van der Waals surface area (Å²) in [6.07, 6.45) is 0. The van der Waals surface area contributed by atoms with E-state index >= 15 is 0 Å². The molecule has 0 spiro atoms. The molecule has 82 valence electrons. The lowest BCUT2D eigenvalue weighted by Gasteiger charge is -2.07. The first-order valence-corrected chi connectivity index (χ1v) is 4.84. The number of methoxy groups -OCH3 is 1. The topological polar surface area (TPSA) is 64.3 Å². The zero-order valence-corrected chi connectivity index (χ0v) is 9.17. The van der Waals surface area contributed by atoms with Gasteiger partial charge in [0, 0.05) is 11.6 Å². The van der Waals surface area contributed by atoms with E-state index in [0.717, 1.165) is 5.56 Å². The number of rotatable bonds is 4. The van der Waals surface area contributed by atoms with Crippen LogP contribution in [0.1, 0.15) is 5.56 Å². The van der Waals surface area contributed by atoms with Gasteiger partial charge < -0.3 is 15.8 Å². The summed E-state index contributed by atoms with van der Waals surface area (Å²) in [4.78, 5) is 10.9. The molecular weight excluding hydrogens is 216 g/mol. The molecular formula is C10H13ClN2O2. The molecule has 1 amide bonds. The molecule has 0 radical (unpaired) electrons. The minimum Gasteiger partial charge on any atom is -0.497 e. The van der Waals surface area contributed by atoms with Crippen molar-refractivity contribution in [3.8, 4) is 5.75 Å². The van der Waals surface area contributed by atoms with Crippen molar-refractivity contribution in [1.82, 2.24) is 5.32 Å². The minimum atomic E-state index is -0.207. The van der Waals surface area contributed by atoms with Gasteiger partial charge in [-0.1, -0.05) is 17.7 Å². The summed E-state index contributed by atoms with van der Waals surface area (Å²) in [7, 11) is 1.57. The Labute approximate surface area is 93.4 Å². The molecule has 0 saturated heterocycles. The highest BCUT2D eigenvalue weighted by Crippen LogP contribution is 2.21. The molecule has 0 unspecified atom stereocenters. The number of nitrogens with one attached hydrogen (secondary N) is 1. The number of amides is 1. The molecule has 0 aliphatic heterocycles. The van der Waals surface area contributed by atoms with Gasteiger partial charge in [-0.25, -0.2) is 0 Å². The molecule has 0 fully saturated rings. The molecule has 1 rings (SSSR count). The maximum Gasteiger partial charge on any atom is 0.234 e. The Morgan fingerprint density at radius 3 is 2.87 bits per heavy atom. The molecule has 0 bridgehead atoms. The Morgan fingerprint density at radius 1 is 1.60 bits per heavy atom. The summed E-state index contributed by atoms with van der Waals surface area (Å²) in [6.45, 7) is 0.354. The Morgan fingerprint density at radius 2 is 2.33 bits per heavy atom. The van der Waals surface area contributed by atoms with E-state index in [9.17, 15) is 4.79 Å². The predicted molar refractivity (Wildman–Crippen MR) is 58.9 cm³/mol. The number of ether oxygens (including phenoxy) is 1. The van der Waals surface area contributed by atoms with Crippen molar-refractivity contribution in [2.24, 2.45) is 5.73 Å². The largest absolute Gasteiger partial charge is 0.497 e. The molecule has 1 aromatic rings. The summed E-state index contributed by atoms with van der Waals surface area (Å²) >= 11 is 5.97. The fourth-order valence-electron chi connectivity index (χ4n) is 1.06. The van der Waals surface area contributed by atoms with E-state index in [2.05, 4.69) is 5.32 Å². The van der Waals surface area contributed by atoms with Gasteiger partial charge in [-0.3, -0.25) is 4.79 Å². The second-order valence-corrected chi connectivity index (χ2v) is 3.35. The van der Waals surface area contributed by atoms with Gasteiger partial charge in [0.05, 0.1) is 13.7 Å². The number of benzene rings is 1. The van der Waals surface area contributed by atoms with E-state index in [0.29, 0.717) is 17.3 Å². The summed E-state index contributed by atoms with van der Waals surface area (Å²) in [6, 6.07) is 5.29. The van der Waals surface area contributed by atoms with Crippen molar-refractivity contribution >= 4 is 17.5 Å². The maximum absolute atomic E-state index is 10.9. The van der Waals surface area contributed by atoms with Gasteiger partial charge >= 0.3 is 0 Å². The van der Waals surface area contributed by atoms with Crippen LogP contribution in [-0.2, 0) is 11.3 Å². The van der Waals surface area contributed by atoms with Crippen LogP contribution in [0.3, 0.4) is 0 Å². The molecule has 0 aliphatic rings. The fraction of sp³-hybridized carbons (Fsp3) is 0.300. The van der Waals surface area contributed by atoms with Crippen LogP contribution >= 0.6 is 11.6 Å². The highest BCUT2D eigenvalue weighted by molar-refractivity contribution is 6.31. The molecule has 0 saturated carbocycles. The van der Waals surface area contributed by atoms with Gasteiger partial charge in [-0.15, -0.1) is 0 Å². The predicted octanol–water partition coefficient (Wildman–Crippen LogP) is 0.923. The highest BCUT2D eigenvalue weighted by Gasteiger charge is 2.03. The van der Waals surface area contributed by atoms with Crippen molar-refractivity contribution in [3.05, 3.63) is 28.8 Å². The third-order valence-corrected chi connectivity index (χ3v) is 2.27. The van der Waals surface area contributed by atoms with Crippen LogP contribution in [-0.4, -0.2) is 19.6 Å². The third kappa shape index (κ3) is 3.42. The lowest BCUT2D eigenvalue weighted by molar-refractivity contribution is -0.119. The summed E-state index contributed by atoms with van der Waals surface area (Å²) in [5.41, 5.74) is 5.99. The molecule has 0 atom stereocenters. The lowest BCUT2D eigenvalue weighted by Crippen LogP contribution is -2.29. The molecule has 3 N–H and O–H groups in total. The van der Waals surface area contributed by atoms with E-state index in [1.54, 1.807) is 25.3 Å². The van der Waals surface area contributed by atoms with Gasteiger partial charge in [-0.2, -0.15) is 0 Å². The highest BCUT2D eigenvalue weighted by atomic mass is 35.5. The fourth-order valence-corrected chi connectivity index (χ4v) is 1.30. The van der Waals surface area contributed by atoms with Crippen molar-refractivity contribution < 1.29 is 9.53 Å². The minimum absolute atomic E-state index is 0.0201. The van der Waals surface area contributed by atoms with Crippen LogP contribution < -0.4 is 15.8 Å². The average molecular weight is 229 g/mol. The first kappa shape index (κ1) is 11.8. The van der Waals surface area contributed by atoms with Crippen LogP contribution in [0.5, 0.6) is 5.75 Å². The van der Waals surface area contributed by atoms with Gasteiger partial charge in [0.15, 0.2) is 0 Å².